The molecule has 0 bridgehead atoms. The summed E-state index contributed by atoms with van der Waals surface area (Å²) in [6.07, 6.45) is -3.31. The van der Waals surface area contributed by atoms with E-state index in [9.17, 15) is 13.2 Å². The van der Waals surface area contributed by atoms with Gasteiger partial charge in [-0.3, -0.25) is 0 Å². The smallest absolute Gasteiger partial charge is 0.410 e. The molecule has 1 unspecified atom stereocenters. The average molecular weight is 280 g/mol. The molecule has 0 amide bonds. The summed E-state index contributed by atoms with van der Waals surface area (Å²) in [5, 5.41) is 0. The Labute approximate surface area is 86.8 Å². The quantitative estimate of drug-likeness (QED) is 0.859. The molecule has 1 heterocycles. The van der Waals surface area contributed by atoms with E-state index in [1.54, 1.807) is 0 Å². The zero-order valence-corrected chi connectivity index (χ0v) is 8.54. The van der Waals surface area contributed by atoms with Crippen LogP contribution in [0, 0.1) is 0 Å². The van der Waals surface area contributed by atoms with Crippen LogP contribution < -0.4 is 5.73 Å². The first-order valence-electron chi connectivity index (χ1n) is 2.97. The second-order valence-electron chi connectivity index (χ2n) is 2.19. The molecule has 0 saturated carbocycles. The molecule has 2 N–H and O–H groups in total. The van der Waals surface area contributed by atoms with Crippen molar-refractivity contribution in [1.82, 2.24) is 0 Å². The molecule has 7 heteroatoms. The zero-order valence-electron chi connectivity index (χ0n) is 6.14. The summed E-state index contributed by atoms with van der Waals surface area (Å²) in [7, 11) is 0. The summed E-state index contributed by atoms with van der Waals surface area (Å²) >= 11 is 2.95. The lowest BCUT2D eigenvalue weighted by Gasteiger charge is -2.11. The maximum Gasteiger partial charge on any atom is 0.410 e. The minimum absolute atomic E-state index is 0. The molecule has 1 aromatic heterocycles. The van der Waals surface area contributed by atoms with E-state index in [1.165, 1.54) is 6.07 Å². The van der Waals surface area contributed by atoms with Crippen molar-refractivity contribution in [2.45, 2.75) is 12.2 Å². The lowest BCUT2D eigenvalue weighted by Crippen LogP contribution is -2.27. The molecular weight excluding hydrogens is 274 g/mol. The Morgan fingerprint density at radius 2 is 2.00 bits per heavy atom. The Kier molecular flexibility index (Phi) is 4.28. The average Bonchev–Trinajstić information content (AvgIpc) is 2.32. The van der Waals surface area contributed by atoms with Gasteiger partial charge in [0.15, 0.2) is 6.04 Å². The van der Waals surface area contributed by atoms with Crippen LogP contribution in [0.15, 0.2) is 21.2 Å². The van der Waals surface area contributed by atoms with Crippen molar-refractivity contribution in [3.8, 4) is 0 Å². The molecule has 1 atom stereocenters. The number of furan rings is 1. The van der Waals surface area contributed by atoms with Gasteiger partial charge >= 0.3 is 6.18 Å². The van der Waals surface area contributed by atoms with Gasteiger partial charge in [-0.2, -0.15) is 13.2 Å². The molecule has 2 nitrogen and oxygen atoms in total. The Morgan fingerprint density at radius 1 is 1.46 bits per heavy atom. The third-order valence-corrected chi connectivity index (χ3v) is 1.66. The van der Waals surface area contributed by atoms with Gasteiger partial charge in [0.1, 0.15) is 12.0 Å². The first-order valence-corrected chi connectivity index (χ1v) is 3.77. The van der Waals surface area contributed by atoms with Gasteiger partial charge in [0.05, 0.1) is 4.47 Å². The largest absolute Gasteiger partial charge is 0.466 e. The second kappa shape index (κ2) is 4.34. The Bertz CT molecular complexity index is 275. The Hall–Kier alpha value is -0.200. The Morgan fingerprint density at radius 3 is 2.31 bits per heavy atom. The fraction of sp³-hybridized carbons (Fsp3) is 0.333. The van der Waals surface area contributed by atoms with Crippen LogP contribution in [0.1, 0.15) is 11.8 Å². The van der Waals surface area contributed by atoms with Gasteiger partial charge in [0.25, 0.3) is 0 Å². The minimum Gasteiger partial charge on any atom is -0.466 e. The van der Waals surface area contributed by atoms with E-state index >= 15 is 0 Å². The molecule has 0 saturated heterocycles. The van der Waals surface area contributed by atoms with Crippen LogP contribution in [0.4, 0.5) is 13.2 Å². The molecule has 0 aliphatic heterocycles. The van der Waals surface area contributed by atoms with Crippen LogP contribution in [-0.2, 0) is 0 Å². The van der Waals surface area contributed by atoms with Gasteiger partial charge in [0.2, 0.25) is 0 Å². The molecule has 0 fully saturated rings. The highest BCUT2D eigenvalue weighted by atomic mass is 79.9. The molecule has 0 spiro atoms. The lowest BCUT2D eigenvalue weighted by atomic mass is 10.2. The van der Waals surface area contributed by atoms with Gasteiger partial charge in [0, 0.05) is 0 Å². The van der Waals surface area contributed by atoms with E-state index < -0.39 is 12.2 Å². The maximum atomic E-state index is 11.9. The highest BCUT2D eigenvalue weighted by molar-refractivity contribution is 9.10. The zero-order chi connectivity index (χ0) is 9.35. The van der Waals surface area contributed by atoms with Crippen molar-refractivity contribution >= 4 is 28.3 Å². The second-order valence-corrected chi connectivity index (χ2v) is 3.10. The maximum absolute atomic E-state index is 11.9. The molecule has 1 aromatic rings. The molecule has 0 radical (unpaired) electrons. The van der Waals surface area contributed by atoms with E-state index in [2.05, 4.69) is 20.3 Å². The van der Waals surface area contributed by atoms with Gasteiger partial charge in [-0.25, -0.2) is 0 Å². The van der Waals surface area contributed by atoms with E-state index in [-0.39, 0.29) is 18.2 Å². The van der Waals surface area contributed by atoms with Crippen molar-refractivity contribution in [3.05, 3.63) is 22.6 Å². The highest BCUT2D eigenvalue weighted by Crippen LogP contribution is 2.32. The molecule has 0 aliphatic carbocycles. The Balaban J connectivity index is 0.00000144. The first-order chi connectivity index (χ1) is 5.41. The fourth-order valence-corrected chi connectivity index (χ4v) is 0.972. The van der Waals surface area contributed by atoms with E-state index in [0.717, 1.165) is 6.26 Å². The number of hydrogen-bond donors (Lipinski definition) is 1. The summed E-state index contributed by atoms with van der Waals surface area (Å²) in [4.78, 5) is 0. The molecule has 76 valence electrons. The van der Waals surface area contributed by atoms with E-state index in [1.807, 2.05) is 0 Å². The third kappa shape index (κ3) is 3.21. The van der Waals surface area contributed by atoms with Crippen LogP contribution in [0.2, 0.25) is 0 Å². The fourth-order valence-electron chi connectivity index (χ4n) is 0.653. The number of nitrogens with two attached hydrogens (primary N) is 1. The number of halogens is 5. The summed E-state index contributed by atoms with van der Waals surface area (Å²) in [6, 6.07) is -0.859. The normalized spacial score (nSPS) is 13.6. The SMILES string of the molecule is Cl.NC(c1cc(Br)co1)C(F)(F)F. The van der Waals surface area contributed by atoms with E-state index in [4.69, 9.17) is 5.73 Å². The van der Waals surface area contributed by atoms with Crippen molar-refractivity contribution in [2.24, 2.45) is 5.73 Å². The summed E-state index contributed by atoms with van der Waals surface area (Å²) in [5.41, 5.74) is 4.85. The predicted molar refractivity (Wildman–Crippen MR) is 46.6 cm³/mol. The van der Waals surface area contributed by atoms with Crippen LogP contribution in [0.25, 0.3) is 0 Å². The highest BCUT2D eigenvalue weighted by Gasteiger charge is 2.39. The molecule has 0 aromatic carbocycles. The van der Waals surface area contributed by atoms with E-state index in [0.29, 0.717) is 4.47 Å². The van der Waals surface area contributed by atoms with Crippen LogP contribution in [-0.4, -0.2) is 6.18 Å². The van der Waals surface area contributed by atoms with Crippen molar-refractivity contribution in [3.63, 3.8) is 0 Å². The molecular formula is C6H6BrClF3NO. The summed E-state index contributed by atoms with van der Waals surface area (Å²) < 4.78 is 40.8. The first kappa shape index (κ1) is 12.8. The van der Waals surface area contributed by atoms with Crippen molar-refractivity contribution in [1.29, 1.82) is 0 Å². The molecule has 1 rings (SSSR count). The monoisotopic (exact) mass is 279 g/mol. The number of rotatable bonds is 1. The third-order valence-electron chi connectivity index (χ3n) is 1.25. The van der Waals surface area contributed by atoms with Gasteiger partial charge in [-0.05, 0) is 22.0 Å². The van der Waals surface area contributed by atoms with Crippen molar-refractivity contribution < 1.29 is 17.6 Å². The molecule has 0 aliphatic rings. The number of alkyl halides is 3. The topological polar surface area (TPSA) is 39.2 Å². The van der Waals surface area contributed by atoms with Crippen molar-refractivity contribution in [2.75, 3.05) is 0 Å². The van der Waals surface area contributed by atoms with Gasteiger partial charge in [-0.1, -0.05) is 0 Å². The predicted octanol–water partition coefficient (Wildman–Crippen LogP) is 3.03. The van der Waals surface area contributed by atoms with Crippen LogP contribution >= 0.6 is 28.3 Å². The summed E-state index contributed by atoms with van der Waals surface area (Å²) in [6.45, 7) is 0. The van der Waals surface area contributed by atoms with Crippen LogP contribution in [0.3, 0.4) is 0 Å². The minimum atomic E-state index is -4.46. The van der Waals surface area contributed by atoms with Gasteiger partial charge in [-0.15, -0.1) is 12.4 Å². The lowest BCUT2D eigenvalue weighted by molar-refractivity contribution is -0.152. The van der Waals surface area contributed by atoms with Crippen LogP contribution in [0.5, 0.6) is 0 Å². The summed E-state index contributed by atoms with van der Waals surface area (Å²) in [5.74, 6) is -0.297. The van der Waals surface area contributed by atoms with Gasteiger partial charge < -0.3 is 10.2 Å². The number of hydrogen-bond acceptors (Lipinski definition) is 2. The molecule has 13 heavy (non-hydrogen) atoms. The standard InChI is InChI=1S/C6H5BrF3NO.ClH/c7-3-1-4(12-2-3)5(11)6(8,9)10;/h1-2,5H,11H2;1H.